The summed E-state index contributed by atoms with van der Waals surface area (Å²) in [4.78, 5) is 23.6. The number of benzene rings is 2. The van der Waals surface area contributed by atoms with Gasteiger partial charge in [-0.1, -0.05) is 18.2 Å². The molecule has 0 bridgehead atoms. The van der Waals surface area contributed by atoms with Crippen molar-refractivity contribution in [3.63, 3.8) is 0 Å². The predicted molar refractivity (Wildman–Crippen MR) is 92.9 cm³/mol. The van der Waals surface area contributed by atoms with Crippen LogP contribution in [0.2, 0.25) is 0 Å². The molecule has 0 amide bonds. The van der Waals surface area contributed by atoms with E-state index in [2.05, 4.69) is 10.6 Å². The molecular formula is C18H16N2O4. The zero-order valence-corrected chi connectivity index (χ0v) is 13.0. The van der Waals surface area contributed by atoms with Crippen LogP contribution in [0.1, 0.15) is 11.1 Å². The van der Waals surface area contributed by atoms with Crippen LogP contribution >= 0.6 is 0 Å². The molecule has 0 saturated heterocycles. The van der Waals surface area contributed by atoms with Crippen LogP contribution < -0.4 is 21.5 Å². The summed E-state index contributed by atoms with van der Waals surface area (Å²) in [6.07, 6.45) is 0. The Kier molecular flexibility index (Phi) is 3.95. The Hall–Kier alpha value is -3.28. The van der Waals surface area contributed by atoms with Gasteiger partial charge < -0.3 is 20.8 Å². The van der Waals surface area contributed by atoms with Crippen LogP contribution in [0.15, 0.2) is 52.1 Å². The molecule has 24 heavy (non-hydrogen) atoms. The molecule has 0 saturated carbocycles. The van der Waals surface area contributed by atoms with Gasteiger partial charge >= 0.3 is 0 Å². The number of hydrogen-bond acceptors (Lipinski definition) is 6. The van der Waals surface area contributed by atoms with Crippen LogP contribution in [0, 0.1) is 6.92 Å². The molecule has 0 aliphatic rings. The number of para-hydroxylation sites is 1. The summed E-state index contributed by atoms with van der Waals surface area (Å²) in [5, 5.41) is 25.1. The van der Waals surface area contributed by atoms with Gasteiger partial charge in [0.2, 0.25) is 0 Å². The lowest BCUT2D eigenvalue weighted by atomic mass is 10.1. The van der Waals surface area contributed by atoms with Crippen molar-refractivity contribution in [1.29, 1.82) is 0 Å². The fraction of sp³-hybridized carbons (Fsp3) is 0.111. The fourth-order valence-corrected chi connectivity index (χ4v) is 2.40. The van der Waals surface area contributed by atoms with Crippen LogP contribution in [0.4, 0.5) is 17.1 Å². The van der Waals surface area contributed by atoms with Crippen molar-refractivity contribution in [1.82, 2.24) is 0 Å². The van der Waals surface area contributed by atoms with Gasteiger partial charge in [-0.15, -0.1) is 0 Å². The normalized spacial score (nSPS) is 10.7. The summed E-state index contributed by atoms with van der Waals surface area (Å²) < 4.78 is 0. The number of phenols is 2. The van der Waals surface area contributed by atoms with Gasteiger partial charge in [0.1, 0.15) is 22.9 Å². The summed E-state index contributed by atoms with van der Waals surface area (Å²) in [5.74, 6) is 0.274. The van der Waals surface area contributed by atoms with Gasteiger partial charge in [-0.05, 0) is 36.8 Å². The highest BCUT2D eigenvalue weighted by atomic mass is 16.3. The molecule has 4 N–H and O–H groups in total. The summed E-state index contributed by atoms with van der Waals surface area (Å²) in [7, 11) is 0. The first-order valence-corrected chi connectivity index (χ1v) is 7.38. The molecule has 0 radical (unpaired) electrons. The second kappa shape index (κ2) is 6.08. The third-order valence-electron chi connectivity index (χ3n) is 3.82. The van der Waals surface area contributed by atoms with E-state index in [-0.39, 0.29) is 29.4 Å². The molecule has 0 unspecified atom stereocenters. The molecule has 3 aromatic carbocycles. The molecule has 0 aliphatic carbocycles. The summed E-state index contributed by atoms with van der Waals surface area (Å²) in [6, 6.07) is 11.6. The number of aromatic hydroxyl groups is 2. The van der Waals surface area contributed by atoms with Gasteiger partial charge in [0, 0.05) is 17.8 Å². The Morgan fingerprint density at radius 2 is 1.62 bits per heavy atom. The Bertz CT molecular complexity index is 972. The first-order chi connectivity index (χ1) is 11.5. The van der Waals surface area contributed by atoms with Crippen molar-refractivity contribution in [2.45, 2.75) is 13.5 Å². The molecule has 0 spiro atoms. The van der Waals surface area contributed by atoms with Crippen molar-refractivity contribution in [3.8, 4) is 11.5 Å². The second-order valence-electron chi connectivity index (χ2n) is 5.52. The third kappa shape index (κ3) is 2.81. The Balaban J connectivity index is 1.80. The smallest absolute Gasteiger partial charge is 0.253 e. The highest BCUT2D eigenvalue weighted by Crippen LogP contribution is 2.26. The maximum atomic E-state index is 11.8. The largest absolute Gasteiger partial charge is 0.508 e. The maximum absolute atomic E-state index is 11.8. The van der Waals surface area contributed by atoms with E-state index >= 15 is 0 Å². The lowest BCUT2D eigenvalue weighted by Gasteiger charge is -2.15. The highest BCUT2D eigenvalue weighted by Gasteiger charge is 2.21. The minimum atomic E-state index is -0.597. The number of anilines is 3. The van der Waals surface area contributed by atoms with Gasteiger partial charge in [-0.25, -0.2) is 0 Å². The van der Waals surface area contributed by atoms with E-state index < -0.39 is 10.9 Å². The first kappa shape index (κ1) is 15.6. The van der Waals surface area contributed by atoms with Crippen molar-refractivity contribution < 1.29 is 10.2 Å². The van der Waals surface area contributed by atoms with Crippen LogP contribution in [-0.4, -0.2) is 10.2 Å². The van der Waals surface area contributed by atoms with E-state index in [4.69, 9.17) is 0 Å². The predicted octanol–water partition coefficient (Wildman–Crippen LogP) is 2.36. The zero-order chi connectivity index (χ0) is 17.3. The van der Waals surface area contributed by atoms with Gasteiger partial charge in [0.25, 0.3) is 10.9 Å². The van der Waals surface area contributed by atoms with Crippen LogP contribution in [0.3, 0.4) is 0 Å². The van der Waals surface area contributed by atoms with Crippen molar-refractivity contribution in [2.75, 3.05) is 10.6 Å². The monoisotopic (exact) mass is 324 g/mol. The fourth-order valence-electron chi connectivity index (χ4n) is 2.40. The molecule has 6 heteroatoms. The SMILES string of the molecule is Cc1cc(Nc2c(NCc3ccccc3O)c(=O)c2=O)ccc1O. The highest BCUT2D eigenvalue weighted by molar-refractivity contribution is 5.79. The Morgan fingerprint density at radius 1 is 0.917 bits per heavy atom. The minimum Gasteiger partial charge on any atom is -0.508 e. The maximum Gasteiger partial charge on any atom is 0.253 e. The molecule has 122 valence electrons. The van der Waals surface area contributed by atoms with Crippen LogP contribution in [0.5, 0.6) is 11.5 Å². The van der Waals surface area contributed by atoms with E-state index in [1.165, 1.54) is 6.07 Å². The average Bonchev–Trinajstić information content (AvgIpc) is 2.58. The van der Waals surface area contributed by atoms with E-state index in [1.54, 1.807) is 43.3 Å². The van der Waals surface area contributed by atoms with Gasteiger partial charge in [0.05, 0.1) is 0 Å². The standard InChI is InChI=1S/C18H16N2O4/c1-10-8-12(6-7-13(10)21)20-16-15(17(23)18(16)24)19-9-11-4-2-3-5-14(11)22/h2-8,19-22H,9H2,1H3. The second-order valence-corrected chi connectivity index (χ2v) is 5.52. The van der Waals surface area contributed by atoms with Crippen molar-refractivity contribution in [2.24, 2.45) is 0 Å². The van der Waals surface area contributed by atoms with Crippen LogP contribution in [-0.2, 0) is 6.54 Å². The topological polar surface area (TPSA) is 98.7 Å². The van der Waals surface area contributed by atoms with E-state index in [0.29, 0.717) is 16.8 Å². The van der Waals surface area contributed by atoms with E-state index in [1.807, 2.05) is 0 Å². The van der Waals surface area contributed by atoms with Crippen LogP contribution in [0.25, 0.3) is 0 Å². The number of hydrogen-bond donors (Lipinski definition) is 4. The molecule has 0 aliphatic heterocycles. The quantitative estimate of drug-likeness (QED) is 0.425. The van der Waals surface area contributed by atoms with Gasteiger partial charge in [-0.2, -0.15) is 0 Å². The van der Waals surface area contributed by atoms with E-state index in [9.17, 15) is 19.8 Å². The van der Waals surface area contributed by atoms with Gasteiger partial charge in [-0.3, -0.25) is 9.59 Å². The zero-order valence-electron chi connectivity index (χ0n) is 13.0. The Morgan fingerprint density at radius 3 is 2.33 bits per heavy atom. The summed E-state index contributed by atoms with van der Waals surface area (Å²) >= 11 is 0. The summed E-state index contributed by atoms with van der Waals surface area (Å²) in [6.45, 7) is 1.96. The molecule has 3 aromatic rings. The van der Waals surface area contributed by atoms with Crippen molar-refractivity contribution in [3.05, 3.63) is 74.0 Å². The molecule has 0 atom stereocenters. The number of aryl methyl sites for hydroxylation is 1. The molecule has 6 nitrogen and oxygen atoms in total. The van der Waals surface area contributed by atoms with E-state index in [0.717, 1.165) is 0 Å². The number of nitrogens with one attached hydrogen (secondary N) is 2. The number of phenolic OH excluding ortho intramolecular Hbond substituents is 2. The lowest BCUT2D eigenvalue weighted by Crippen LogP contribution is -2.36. The number of rotatable bonds is 5. The first-order valence-electron chi connectivity index (χ1n) is 7.38. The molecule has 0 fully saturated rings. The minimum absolute atomic E-state index is 0.118. The molecule has 0 heterocycles. The molecule has 3 rings (SSSR count). The van der Waals surface area contributed by atoms with Gasteiger partial charge in [0.15, 0.2) is 0 Å². The van der Waals surface area contributed by atoms with Crippen molar-refractivity contribution >= 4 is 17.1 Å². The Labute approximate surface area is 137 Å². The lowest BCUT2D eigenvalue weighted by molar-refractivity contribution is 0.469. The average molecular weight is 324 g/mol. The summed E-state index contributed by atoms with van der Waals surface area (Å²) in [5.41, 5.74) is 1.06. The molecular weight excluding hydrogens is 308 g/mol. The molecule has 0 aromatic heterocycles. The third-order valence-corrected chi connectivity index (χ3v) is 3.82.